The van der Waals surface area contributed by atoms with E-state index < -0.39 is 0 Å². The molecule has 0 radical (unpaired) electrons. The molecule has 2 atom stereocenters. The van der Waals surface area contributed by atoms with Crippen molar-refractivity contribution in [3.63, 3.8) is 0 Å². The smallest absolute Gasteiger partial charge is 0.0577 e. The Morgan fingerprint density at radius 1 is 1.31 bits per heavy atom. The van der Waals surface area contributed by atoms with Gasteiger partial charge < -0.3 is 9.84 Å². The van der Waals surface area contributed by atoms with Crippen molar-refractivity contribution in [1.29, 1.82) is 0 Å². The summed E-state index contributed by atoms with van der Waals surface area (Å²) >= 11 is 0. The summed E-state index contributed by atoms with van der Waals surface area (Å²) in [4.78, 5) is 0. The minimum absolute atomic E-state index is 0.167. The SMILES string of the molecule is CCC[C@H](O)C/C=C\C[C@@H](C)OC. The van der Waals surface area contributed by atoms with Crippen molar-refractivity contribution < 1.29 is 9.84 Å². The maximum absolute atomic E-state index is 9.39. The lowest BCUT2D eigenvalue weighted by Crippen LogP contribution is -2.04. The number of methoxy groups -OCH3 is 1. The predicted octanol–water partition coefficient (Wildman–Crippen LogP) is 2.52. The first-order valence-corrected chi connectivity index (χ1v) is 5.06. The molecule has 0 amide bonds. The second kappa shape index (κ2) is 8.27. The van der Waals surface area contributed by atoms with Gasteiger partial charge in [-0.15, -0.1) is 0 Å². The molecule has 0 heterocycles. The van der Waals surface area contributed by atoms with E-state index in [0.717, 1.165) is 25.7 Å². The minimum Gasteiger partial charge on any atom is -0.393 e. The molecule has 1 N–H and O–H groups in total. The molecule has 0 aromatic carbocycles. The number of aliphatic hydroxyl groups excluding tert-OH is 1. The zero-order valence-electron chi connectivity index (χ0n) is 8.99. The van der Waals surface area contributed by atoms with Crippen LogP contribution in [-0.2, 0) is 4.74 Å². The summed E-state index contributed by atoms with van der Waals surface area (Å²) in [6.45, 7) is 4.12. The van der Waals surface area contributed by atoms with Gasteiger partial charge in [-0.05, 0) is 26.2 Å². The third-order valence-electron chi connectivity index (χ3n) is 2.07. The molecule has 0 unspecified atom stereocenters. The van der Waals surface area contributed by atoms with Crippen LogP contribution in [0, 0.1) is 0 Å². The van der Waals surface area contributed by atoms with Gasteiger partial charge in [0, 0.05) is 7.11 Å². The fraction of sp³-hybridized carbons (Fsp3) is 0.818. The third-order valence-corrected chi connectivity index (χ3v) is 2.07. The number of hydrogen-bond donors (Lipinski definition) is 1. The highest BCUT2D eigenvalue weighted by Crippen LogP contribution is 2.03. The number of aliphatic hydroxyl groups is 1. The summed E-state index contributed by atoms with van der Waals surface area (Å²) in [5.41, 5.74) is 0. The predicted molar refractivity (Wildman–Crippen MR) is 55.8 cm³/mol. The van der Waals surface area contributed by atoms with Gasteiger partial charge in [0.2, 0.25) is 0 Å². The summed E-state index contributed by atoms with van der Waals surface area (Å²) in [5, 5.41) is 9.39. The molecule has 0 saturated heterocycles. The van der Waals surface area contributed by atoms with Gasteiger partial charge in [0.05, 0.1) is 12.2 Å². The zero-order chi connectivity index (χ0) is 10.1. The van der Waals surface area contributed by atoms with Crippen molar-refractivity contribution in [3.8, 4) is 0 Å². The van der Waals surface area contributed by atoms with Gasteiger partial charge in [-0.3, -0.25) is 0 Å². The molecule has 0 spiro atoms. The van der Waals surface area contributed by atoms with Gasteiger partial charge in [0.15, 0.2) is 0 Å². The maximum atomic E-state index is 9.39. The molecule has 13 heavy (non-hydrogen) atoms. The van der Waals surface area contributed by atoms with E-state index in [9.17, 15) is 5.11 Å². The topological polar surface area (TPSA) is 29.5 Å². The van der Waals surface area contributed by atoms with Crippen molar-refractivity contribution in [2.45, 2.75) is 51.7 Å². The second-order valence-electron chi connectivity index (χ2n) is 3.43. The van der Waals surface area contributed by atoms with Crippen LogP contribution >= 0.6 is 0 Å². The molecule has 0 saturated carbocycles. The van der Waals surface area contributed by atoms with Crippen molar-refractivity contribution in [2.24, 2.45) is 0 Å². The Morgan fingerprint density at radius 2 is 1.92 bits per heavy atom. The molecule has 0 rings (SSSR count). The van der Waals surface area contributed by atoms with Gasteiger partial charge in [-0.2, -0.15) is 0 Å². The van der Waals surface area contributed by atoms with E-state index in [4.69, 9.17) is 4.74 Å². The first kappa shape index (κ1) is 12.7. The highest BCUT2D eigenvalue weighted by molar-refractivity contribution is 4.85. The highest BCUT2D eigenvalue weighted by atomic mass is 16.5. The van der Waals surface area contributed by atoms with Gasteiger partial charge in [-0.25, -0.2) is 0 Å². The van der Waals surface area contributed by atoms with Crippen LogP contribution in [0.15, 0.2) is 12.2 Å². The van der Waals surface area contributed by atoms with Crippen molar-refractivity contribution in [1.82, 2.24) is 0 Å². The van der Waals surface area contributed by atoms with E-state index >= 15 is 0 Å². The second-order valence-corrected chi connectivity index (χ2v) is 3.43. The van der Waals surface area contributed by atoms with E-state index in [1.165, 1.54) is 0 Å². The molecule has 0 aliphatic rings. The monoisotopic (exact) mass is 186 g/mol. The standard InChI is InChI=1S/C11H22O2/c1-4-7-11(12)9-6-5-8-10(2)13-3/h5-6,10-12H,4,7-9H2,1-3H3/b6-5-/t10-,11+/m1/s1. The third kappa shape index (κ3) is 8.00. The van der Waals surface area contributed by atoms with Crippen LogP contribution in [0.3, 0.4) is 0 Å². The Morgan fingerprint density at radius 3 is 2.46 bits per heavy atom. The lowest BCUT2D eigenvalue weighted by atomic mass is 10.1. The van der Waals surface area contributed by atoms with E-state index in [0.29, 0.717) is 0 Å². The normalized spacial score (nSPS) is 16.3. The fourth-order valence-electron chi connectivity index (χ4n) is 1.09. The van der Waals surface area contributed by atoms with Crippen LogP contribution in [0.25, 0.3) is 0 Å². The van der Waals surface area contributed by atoms with Gasteiger partial charge >= 0.3 is 0 Å². The average molecular weight is 186 g/mol. The summed E-state index contributed by atoms with van der Waals surface area (Å²) in [7, 11) is 1.71. The van der Waals surface area contributed by atoms with Crippen LogP contribution < -0.4 is 0 Å². The summed E-state index contributed by atoms with van der Waals surface area (Å²) in [6, 6.07) is 0. The Balaban J connectivity index is 3.40. The summed E-state index contributed by atoms with van der Waals surface area (Å²) in [6.07, 6.45) is 7.86. The Kier molecular flexibility index (Phi) is 8.05. The molecule has 0 aromatic heterocycles. The summed E-state index contributed by atoms with van der Waals surface area (Å²) in [5.74, 6) is 0. The largest absolute Gasteiger partial charge is 0.393 e. The summed E-state index contributed by atoms with van der Waals surface area (Å²) < 4.78 is 5.09. The van der Waals surface area contributed by atoms with E-state index in [2.05, 4.69) is 13.0 Å². The molecule has 0 bridgehead atoms. The van der Waals surface area contributed by atoms with Crippen molar-refractivity contribution >= 4 is 0 Å². The lowest BCUT2D eigenvalue weighted by molar-refractivity contribution is 0.120. The first-order chi connectivity index (χ1) is 6.20. The maximum Gasteiger partial charge on any atom is 0.0577 e. The van der Waals surface area contributed by atoms with Gasteiger partial charge in [-0.1, -0.05) is 25.5 Å². The molecule has 78 valence electrons. The van der Waals surface area contributed by atoms with Gasteiger partial charge in [0.25, 0.3) is 0 Å². The molecule has 2 heteroatoms. The molecule has 0 aromatic rings. The molecule has 0 fully saturated rings. The van der Waals surface area contributed by atoms with Crippen LogP contribution in [-0.4, -0.2) is 24.4 Å². The van der Waals surface area contributed by atoms with Crippen LogP contribution in [0.4, 0.5) is 0 Å². The van der Waals surface area contributed by atoms with Crippen LogP contribution in [0.2, 0.25) is 0 Å². The van der Waals surface area contributed by atoms with E-state index in [1.807, 2.05) is 13.0 Å². The molecule has 2 nitrogen and oxygen atoms in total. The molecule has 0 aliphatic carbocycles. The number of hydrogen-bond acceptors (Lipinski definition) is 2. The molecular formula is C11H22O2. The van der Waals surface area contributed by atoms with Crippen molar-refractivity contribution in [3.05, 3.63) is 12.2 Å². The van der Waals surface area contributed by atoms with Gasteiger partial charge in [0.1, 0.15) is 0 Å². The Hall–Kier alpha value is -0.340. The quantitative estimate of drug-likeness (QED) is 0.619. The van der Waals surface area contributed by atoms with Crippen LogP contribution in [0.1, 0.15) is 39.5 Å². The highest BCUT2D eigenvalue weighted by Gasteiger charge is 1.98. The minimum atomic E-state index is -0.167. The molecule has 0 aliphatic heterocycles. The Bertz CT molecular complexity index is 132. The van der Waals surface area contributed by atoms with Crippen molar-refractivity contribution in [2.75, 3.05) is 7.11 Å². The lowest BCUT2D eigenvalue weighted by Gasteiger charge is -2.06. The first-order valence-electron chi connectivity index (χ1n) is 5.06. The zero-order valence-corrected chi connectivity index (χ0v) is 8.99. The fourth-order valence-corrected chi connectivity index (χ4v) is 1.09. The van der Waals surface area contributed by atoms with Crippen LogP contribution in [0.5, 0.6) is 0 Å². The Labute approximate surface area is 81.6 Å². The number of ether oxygens (including phenoxy) is 1. The number of rotatable bonds is 7. The van der Waals surface area contributed by atoms with E-state index in [-0.39, 0.29) is 12.2 Å². The molecular weight excluding hydrogens is 164 g/mol. The average Bonchev–Trinajstić information content (AvgIpc) is 2.12. The van der Waals surface area contributed by atoms with E-state index in [1.54, 1.807) is 7.11 Å².